The van der Waals surface area contributed by atoms with Crippen LogP contribution in [0.3, 0.4) is 0 Å². The quantitative estimate of drug-likeness (QED) is 0.472. The summed E-state index contributed by atoms with van der Waals surface area (Å²) in [7, 11) is 1.92. The minimum atomic E-state index is 0. The Morgan fingerprint density at radius 3 is 2.62 bits per heavy atom. The average Bonchev–Trinajstić information content (AvgIpc) is 2.79. The number of rotatable bonds is 4. The summed E-state index contributed by atoms with van der Waals surface area (Å²) < 4.78 is 1.81. The molecule has 0 aliphatic heterocycles. The monoisotopic (exact) mass is 399 g/mol. The second-order valence-electron chi connectivity index (χ2n) is 4.82. The van der Waals surface area contributed by atoms with Gasteiger partial charge in [0, 0.05) is 24.5 Å². The van der Waals surface area contributed by atoms with Crippen LogP contribution in [0, 0.1) is 6.92 Å². The van der Waals surface area contributed by atoms with Crippen LogP contribution in [0.2, 0.25) is 0 Å². The second kappa shape index (κ2) is 8.02. The van der Waals surface area contributed by atoms with E-state index in [0.717, 1.165) is 23.4 Å². The SMILES string of the molecule is CCc1nn(C)cc1CN=C(N)Nc1ccc(C)cc1.I. The maximum atomic E-state index is 5.90. The van der Waals surface area contributed by atoms with Crippen LogP contribution in [-0.4, -0.2) is 15.7 Å². The molecule has 0 fully saturated rings. The first-order valence-electron chi connectivity index (χ1n) is 6.73. The van der Waals surface area contributed by atoms with Crippen molar-refractivity contribution in [2.24, 2.45) is 17.8 Å². The Balaban J connectivity index is 0.00000220. The van der Waals surface area contributed by atoms with E-state index in [2.05, 4.69) is 29.3 Å². The summed E-state index contributed by atoms with van der Waals surface area (Å²) in [6, 6.07) is 8.04. The number of guanidine groups is 1. The zero-order valence-corrected chi connectivity index (χ0v) is 15.0. The fourth-order valence-electron chi connectivity index (χ4n) is 2.01. The lowest BCUT2D eigenvalue weighted by Gasteiger charge is -2.05. The number of aromatic nitrogens is 2. The third kappa shape index (κ3) is 5.04. The lowest BCUT2D eigenvalue weighted by molar-refractivity contribution is 0.746. The van der Waals surface area contributed by atoms with Crippen LogP contribution in [0.5, 0.6) is 0 Å². The molecule has 1 aromatic carbocycles. The largest absolute Gasteiger partial charge is 0.370 e. The molecule has 0 atom stereocenters. The van der Waals surface area contributed by atoms with Crippen molar-refractivity contribution in [1.29, 1.82) is 0 Å². The fourth-order valence-corrected chi connectivity index (χ4v) is 2.01. The molecule has 5 nitrogen and oxygen atoms in total. The lowest BCUT2D eigenvalue weighted by atomic mass is 10.2. The summed E-state index contributed by atoms with van der Waals surface area (Å²) in [4.78, 5) is 4.36. The van der Waals surface area contributed by atoms with Crippen LogP contribution in [-0.2, 0) is 20.0 Å². The van der Waals surface area contributed by atoms with Gasteiger partial charge in [-0.15, -0.1) is 24.0 Å². The normalized spacial score (nSPS) is 11.1. The fraction of sp³-hybridized carbons (Fsp3) is 0.333. The van der Waals surface area contributed by atoms with Crippen LogP contribution in [0.1, 0.15) is 23.7 Å². The van der Waals surface area contributed by atoms with Crippen molar-refractivity contribution in [2.45, 2.75) is 26.8 Å². The highest BCUT2D eigenvalue weighted by molar-refractivity contribution is 14.0. The van der Waals surface area contributed by atoms with Gasteiger partial charge < -0.3 is 11.1 Å². The minimum absolute atomic E-state index is 0. The molecule has 1 aromatic heterocycles. The van der Waals surface area contributed by atoms with Crippen molar-refractivity contribution >= 4 is 35.6 Å². The summed E-state index contributed by atoms with van der Waals surface area (Å²) in [5.74, 6) is 0.416. The molecule has 2 aromatic rings. The van der Waals surface area contributed by atoms with Crippen LogP contribution in [0.25, 0.3) is 0 Å². The van der Waals surface area contributed by atoms with Gasteiger partial charge in [0.1, 0.15) is 0 Å². The van der Waals surface area contributed by atoms with Crippen LogP contribution in [0.4, 0.5) is 5.69 Å². The van der Waals surface area contributed by atoms with Crippen molar-refractivity contribution in [2.75, 3.05) is 5.32 Å². The van der Waals surface area contributed by atoms with Gasteiger partial charge in [-0.2, -0.15) is 5.10 Å². The van der Waals surface area contributed by atoms with Crippen LogP contribution >= 0.6 is 24.0 Å². The molecule has 0 amide bonds. The third-order valence-electron chi connectivity index (χ3n) is 3.07. The molecule has 3 N–H and O–H groups in total. The molecule has 0 aliphatic rings. The van der Waals surface area contributed by atoms with E-state index in [4.69, 9.17) is 5.73 Å². The standard InChI is InChI=1S/C15H21N5.HI/c1-4-14-12(10-20(3)19-14)9-17-15(16)18-13-7-5-11(2)6-8-13;/h5-8,10H,4,9H2,1-3H3,(H3,16,17,18);1H. The van der Waals surface area contributed by atoms with Gasteiger partial charge in [-0.3, -0.25) is 4.68 Å². The van der Waals surface area contributed by atoms with E-state index in [1.807, 2.05) is 42.2 Å². The first kappa shape index (κ1) is 17.5. The Bertz CT molecular complexity index is 601. The zero-order chi connectivity index (χ0) is 14.5. The number of aliphatic imine (C=N–C) groups is 1. The van der Waals surface area contributed by atoms with E-state index < -0.39 is 0 Å². The van der Waals surface area contributed by atoms with Crippen molar-refractivity contribution in [3.05, 3.63) is 47.3 Å². The molecular weight excluding hydrogens is 377 g/mol. The van der Waals surface area contributed by atoms with Crippen molar-refractivity contribution in [1.82, 2.24) is 9.78 Å². The maximum absolute atomic E-state index is 5.90. The number of halogens is 1. The van der Waals surface area contributed by atoms with E-state index >= 15 is 0 Å². The molecule has 21 heavy (non-hydrogen) atoms. The number of aryl methyl sites for hydroxylation is 3. The summed E-state index contributed by atoms with van der Waals surface area (Å²) in [5, 5.41) is 7.47. The Morgan fingerprint density at radius 2 is 2.00 bits per heavy atom. The van der Waals surface area contributed by atoms with Gasteiger partial charge in [0.15, 0.2) is 5.96 Å². The highest BCUT2D eigenvalue weighted by Gasteiger charge is 2.05. The molecule has 0 spiro atoms. The predicted octanol–water partition coefficient (Wildman–Crippen LogP) is 2.84. The van der Waals surface area contributed by atoms with E-state index in [1.54, 1.807) is 0 Å². The molecule has 1 heterocycles. The first-order chi connectivity index (χ1) is 9.58. The molecule has 6 heteroatoms. The molecule has 0 unspecified atom stereocenters. The van der Waals surface area contributed by atoms with Gasteiger partial charge in [0.25, 0.3) is 0 Å². The van der Waals surface area contributed by atoms with E-state index in [-0.39, 0.29) is 24.0 Å². The summed E-state index contributed by atoms with van der Waals surface area (Å²) in [5.41, 5.74) is 10.2. The maximum Gasteiger partial charge on any atom is 0.193 e. The smallest absolute Gasteiger partial charge is 0.193 e. The molecule has 0 aliphatic carbocycles. The van der Waals surface area contributed by atoms with Gasteiger partial charge in [0.05, 0.1) is 12.2 Å². The van der Waals surface area contributed by atoms with Crippen LogP contribution < -0.4 is 11.1 Å². The number of nitrogens with zero attached hydrogens (tertiary/aromatic N) is 3. The van der Waals surface area contributed by atoms with Gasteiger partial charge in [-0.25, -0.2) is 4.99 Å². The molecule has 0 saturated carbocycles. The van der Waals surface area contributed by atoms with Gasteiger partial charge in [0.2, 0.25) is 0 Å². The van der Waals surface area contributed by atoms with Crippen LogP contribution in [0.15, 0.2) is 35.5 Å². The molecular formula is C15H22IN5. The summed E-state index contributed by atoms with van der Waals surface area (Å²) in [6.45, 7) is 4.68. The van der Waals surface area contributed by atoms with Crippen molar-refractivity contribution < 1.29 is 0 Å². The Labute approximate surface area is 142 Å². The molecule has 0 radical (unpaired) electrons. The third-order valence-corrected chi connectivity index (χ3v) is 3.07. The second-order valence-corrected chi connectivity index (χ2v) is 4.82. The number of nitrogens with two attached hydrogens (primary N) is 1. The highest BCUT2D eigenvalue weighted by atomic mass is 127. The van der Waals surface area contributed by atoms with Gasteiger partial charge >= 0.3 is 0 Å². The summed E-state index contributed by atoms with van der Waals surface area (Å²) >= 11 is 0. The van der Waals surface area contributed by atoms with Gasteiger partial charge in [-0.1, -0.05) is 24.6 Å². The number of hydrogen-bond acceptors (Lipinski definition) is 2. The molecule has 114 valence electrons. The molecule has 0 saturated heterocycles. The van der Waals surface area contributed by atoms with Crippen molar-refractivity contribution in [3.63, 3.8) is 0 Å². The Hall–Kier alpha value is -1.57. The number of benzene rings is 1. The topological polar surface area (TPSA) is 68.2 Å². The first-order valence-corrected chi connectivity index (χ1v) is 6.73. The Kier molecular flexibility index (Phi) is 6.67. The number of anilines is 1. The molecule has 0 bridgehead atoms. The lowest BCUT2D eigenvalue weighted by Crippen LogP contribution is -2.22. The highest BCUT2D eigenvalue weighted by Crippen LogP contribution is 2.10. The van der Waals surface area contributed by atoms with E-state index in [1.165, 1.54) is 5.56 Å². The number of nitrogens with one attached hydrogen (secondary N) is 1. The van der Waals surface area contributed by atoms with E-state index in [0.29, 0.717) is 12.5 Å². The zero-order valence-electron chi connectivity index (χ0n) is 12.6. The van der Waals surface area contributed by atoms with Crippen molar-refractivity contribution in [3.8, 4) is 0 Å². The Morgan fingerprint density at radius 1 is 1.33 bits per heavy atom. The van der Waals surface area contributed by atoms with Gasteiger partial charge in [-0.05, 0) is 25.5 Å². The number of hydrogen-bond donors (Lipinski definition) is 2. The summed E-state index contributed by atoms with van der Waals surface area (Å²) in [6.07, 6.45) is 2.89. The average molecular weight is 399 g/mol. The molecule has 2 rings (SSSR count). The minimum Gasteiger partial charge on any atom is -0.370 e. The van der Waals surface area contributed by atoms with E-state index in [9.17, 15) is 0 Å². The predicted molar refractivity (Wildman–Crippen MR) is 98.1 cm³/mol.